The summed E-state index contributed by atoms with van der Waals surface area (Å²) in [5, 5.41) is 2.54. The second kappa shape index (κ2) is 6.40. The quantitative estimate of drug-likeness (QED) is 0.737. The van der Waals surface area contributed by atoms with Crippen molar-refractivity contribution < 1.29 is 14.3 Å². The van der Waals surface area contributed by atoms with Crippen LogP contribution in [-0.4, -0.2) is 25.0 Å². The molecule has 0 spiro atoms. The first-order valence-corrected chi connectivity index (χ1v) is 4.90. The molecule has 14 heavy (non-hydrogen) atoms. The second-order valence-electron chi connectivity index (χ2n) is 3.57. The van der Waals surface area contributed by atoms with Gasteiger partial charge in [-0.05, 0) is 12.3 Å². The van der Waals surface area contributed by atoms with Crippen molar-refractivity contribution in [3.63, 3.8) is 0 Å². The van der Waals surface area contributed by atoms with Crippen molar-refractivity contribution in [3.05, 3.63) is 0 Å². The molecule has 0 aromatic heterocycles. The zero-order chi connectivity index (χ0) is 11.1. The lowest BCUT2D eigenvalue weighted by atomic mass is 9.97. The molecule has 4 nitrogen and oxygen atoms in total. The molecule has 1 atom stereocenters. The number of carbonyl (C=O) groups is 2. The average molecular weight is 201 g/mol. The number of methoxy groups -OCH3 is 1. The number of Topliss-reactive ketones (excluding diaryl/α,β-unsaturated/α-hetero) is 1. The van der Waals surface area contributed by atoms with Crippen molar-refractivity contribution in [2.24, 2.45) is 5.92 Å². The summed E-state index contributed by atoms with van der Waals surface area (Å²) in [6, 6.07) is -0.428. The summed E-state index contributed by atoms with van der Waals surface area (Å²) in [5.41, 5.74) is 0. The van der Waals surface area contributed by atoms with E-state index in [1.807, 2.05) is 20.8 Å². The van der Waals surface area contributed by atoms with Gasteiger partial charge in [-0.1, -0.05) is 20.8 Å². The smallest absolute Gasteiger partial charge is 0.407 e. The van der Waals surface area contributed by atoms with Gasteiger partial charge in [0.25, 0.3) is 0 Å². The van der Waals surface area contributed by atoms with Gasteiger partial charge in [0.15, 0.2) is 5.78 Å². The molecule has 82 valence electrons. The molecule has 0 aliphatic rings. The topological polar surface area (TPSA) is 55.4 Å². The summed E-state index contributed by atoms with van der Waals surface area (Å²) in [6.45, 7) is 5.73. The standard InChI is InChI=1S/C10H19NO3/c1-5-6-8(12)9(7(2)3)11-10(13)14-4/h7,9H,5-6H2,1-4H3,(H,11,13)/t9-/m0/s1. The summed E-state index contributed by atoms with van der Waals surface area (Å²) in [7, 11) is 1.29. The monoisotopic (exact) mass is 201 g/mol. The number of hydrogen-bond donors (Lipinski definition) is 1. The Kier molecular flexibility index (Phi) is 5.92. The van der Waals surface area contributed by atoms with Crippen LogP contribution in [0.1, 0.15) is 33.6 Å². The molecule has 0 saturated heterocycles. The van der Waals surface area contributed by atoms with E-state index in [0.29, 0.717) is 6.42 Å². The molecule has 0 aliphatic heterocycles. The van der Waals surface area contributed by atoms with Gasteiger partial charge in [0.05, 0.1) is 13.2 Å². The fraction of sp³-hybridized carbons (Fsp3) is 0.800. The fourth-order valence-electron chi connectivity index (χ4n) is 1.21. The number of ether oxygens (including phenoxy) is 1. The number of hydrogen-bond acceptors (Lipinski definition) is 3. The van der Waals surface area contributed by atoms with E-state index in [1.54, 1.807) is 0 Å². The molecule has 0 unspecified atom stereocenters. The lowest BCUT2D eigenvalue weighted by Crippen LogP contribution is -2.44. The predicted octanol–water partition coefficient (Wildman–Crippen LogP) is 1.74. The van der Waals surface area contributed by atoms with Gasteiger partial charge >= 0.3 is 6.09 Å². The van der Waals surface area contributed by atoms with E-state index in [-0.39, 0.29) is 11.7 Å². The highest BCUT2D eigenvalue weighted by atomic mass is 16.5. The Morgan fingerprint density at radius 3 is 2.29 bits per heavy atom. The first-order chi connectivity index (χ1) is 6.52. The number of amides is 1. The molecule has 0 radical (unpaired) electrons. The van der Waals surface area contributed by atoms with E-state index in [2.05, 4.69) is 10.1 Å². The van der Waals surface area contributed by atoms with Gasteiger partial charge in [0.1, 0.15) is 0 Å². The Morgan fingerprint density at radius 2 is 1.93 bits per heavy atom. The molecular formula is C10H19NO3. The van der Waals surface area contributed by atoms with E-state index < -0.39 is 12.1 Å². The van der Waals surface area contributed by atoms with Crippen molar-refractivity contribution in [1.82, 2.24) is 5.32 Å². The van der Waals surface area contributed by atoms with Crippen LogP contribution in [0.2, 0.25) is 0 Å². The van der Waals surface area contributed by atoms with Gasteiger partial charge in [0, 0.05) is 6.42 Å². The zero-order valence-electron chi connectivity index (χ0n) is 9.29. The number of ketones is 1. The highest BCUT2D eigenvalue weighted by molar-refractivity contribution is 5.87. The highest BCUT2D eigenvalue weighted by Crippen LogP contribution is 2.06. The van der Waals surface area contributed by atoms with Gasteiger partial charge in [0.2, 0.25) is 0 Å². The van der Waals surface area contributed by atoms with Crippen LogP contribution in [0.15, 0.2) is 0 Å². The van der Waals surface area contributed by atoms with Gasteiger partial charge in [-0.15, -0.1) is 0 Å². The lowest BCUT2D eigenvalue weighted by Gasteiger charge is -2.19. The molecule has 4 heteroatoms. The molecule has 0 saturated carbocycles. The maximum atomic E-state index is 11.6. The Hall–Kier alpha value is -1.06. The second-order valence-corrected chi connectivity index (χ2v) is 3.57. The van der Waals surface area contributed by atoms with Crippen molar-refractivity contribution in [3.8, 4) is 0 Å². The summed E-state index contributed by atoms with van der Waals surface area (Å²) in [6.07, 6.45) is 0.741. The fourth-order valence-corrected chi connectivity index (χ4v) is 1.21. The Balaban J connectivity index is 4.29. The third-order valence-electron chi connectivity index (χ3n) is 1.97. The summed E-state index contributed by atoms with van der Waals surface area (Å²) in [4.78, 5) is 22.5. The Labute approximate surface area is 85.0 Å². The minimum atomic E-state index is -0.548. The normalized spacial score (nSPS) is 12.4. The lowest BCUT2D eigenvalue weighted by molar-refractivity contribution is -0.121. The van der Waals surface area contributed by atoms with Crippen molar-refractivity contribution >= 4 is 11.9 Å². The first-order valence-electron chi connectivity index (χ1n) is 4.90. The van der Waals surface area contributed by atoms with Crippen molar-refractivity contribution in [2.45, 2.75) is 39.7 Å². The van der Waals surface area contributed by atoms with Crippen LogP contribution in [0.4, 0.5) is 4.79 Å². The van der Waals surface area contributed by atoms with Crippen LogP contribution in [0.5, 0.6) is 0 Å². The molecule has 1 amide bonds. The van der Waals surface area contributed by atoms with Gasteiger partial charge in [-0.3, -0.25) is 4.79 Å². The van der Waals surface area contributed by atoms with E-state index >= 15 is 0 Å². The van der Waals surface area contributed by atoms with Crippen LogP contribution in [0.25, 0.3) is 0 Å². The largest absolute Gasteiger partial charge is 0.453 e. The third-order valence-corrected chi connectivity index (χ3v) is 1.97. The molecule has 0 heterocycles. The number of carbonyl (C=O) groups excluding carboxylic acids is 2. The zero-order valence-corrected chi connectivity index (χ0v) is 9.29. The van der Waals surface area contributed by atoms with E-state index in [1.165, 1.54) is 7.11 Å². The molecule has 0 fully saturated rings. The maximum Gasteiger partial charge on any atom is 0.407 e. The SMILES string of the molecule is CCCC(=O)[C@@H](NC(=O)OC)C(C)C. The highest BCUT2D eigenvalue weighted by Gasteiger charge is 2.23. The number of nitrogens with one attached hydrogen (secondary N) is 1. The summed E-state index contributed by atoms with van der Waals surface area (Å²) >= 11 is 0. The molecular weight excluding hydrogens is 182 g/mol. The van der Waals surface area contributed by atoms with E-state index in [4.69, 9.17) is 0 Å². The average Bonchev–Trinajstić information content (AvgIpc) is 2.13. The van der Waals surface area contributed by atoms with Crippen LogP contribution < -0.4 is 5.32 Å². The van der Waals surface area contributed by atoms with Crippen LogP contribution in [-0.2, 0) is 9.53 Å². The van der Waals surface area contributed by atoms with Crippen LogP contribution in [0, 0.1) is 5.92 Å². The van der Waals surface area contributed by atoms with E-state index in [9.17, 15) is 9.59 Å². The molecule has 0 bridgehead atoms. The minimum Gasteiger partial charge on any atom is -0.453 e. The molecule has 0 aromatic rings. The number of alkyl carbamates (subject to hydrolysis) is 1. The van der Waals surface area contributed by atoms with Crippen molar-refractivity contribution in [1.29, 1.82) is 0 Å². The molecule has 0 aliphatic carbocycles. The molecule has 0 aromatic carbocycles. The van der Waals surface area contributed by atoms with Crippen LogP contribution in [0.3, 0.4) is 0 Å². The molecule has 1 N–H and O–H groups in total. The minimum absolute atomic E-state index is 0.0629. The Morgan fingerprint density at radius 1 is 1.36 bits per heavy atom. The van der Waals surface area contributed by atoms with Gasteiger partial charge in [-0.2, -0.15) is 0 Å². The third kappa shape index (κ3) is 4.25. The van der Waals surface area contributed by atoms with E-state index in [0.717, 1.165) is 6.42 Å². The summed E-state index contributed by atoms with van der Waals surface area (Å²) in [5.74, 6) is 0.154. The predicted molar refractivity (Wildman–Crippen MR) is 54.1 cm³/mol. The van der Waals surface area contributed by atoms with Crippen LogP contribution >= 0.6 is 0 Å². The number of rotatable bonds is 5. The maximum absolute atomic E-state index is 11.6. The molecule has 0 rings (SSSR count). The summed E-state index contributed by atoms with van der Waals surface area (Å²) < 4.78 is 4.46. The first kappa shape index (κ1) is 12.9. The van der Waals surface area contributed by atoms with Gasteiger partial charge < -0.3 is 10.1 Å². The van der Waals surface area contributed by atoms with Crippen molar-refractivity contribution in [2.75, 3.05) is 7.11 Å². The van der Waals surface area contributed by atoms with Gasteiger partial charge in [-0.25, -0.2) is 4.79 Å². The Bertz CT molecular complexity index is 202.